The number of nitrogens with zero attached hydrogens (tertiary/aromatic N) is 2. The Kier molecular flexibility index (Phi) is 5.67. The highest BCUT2D eigenvalue weighted by molar-refractivity contribution is 7.94. The van der Waals surface area contributed by atoms with Gasteiger partial charge in [-0.25, -0.2) is 13.4 Å². The van der Waals surface area contributed by atoms with Gasteiger partial charge in [0.2, 0.25) is 5.88 Å². The van der Waals surface area contributed by atoms with Gasteiger partial charge < -0.3 is 9.47 Å². The lowest BCUT2D eigenvalue weighted by Crippen LogP contribution is -2.38. The van der Waals surface area contributed by atoms with E-state index in [0.717, 1.165) is 32.8 Å². The number of rotatable bonds is 7. The third-order valence-corrected chi connectivity index (χ3v) is 6.29. The summed E-state index contributed by atoms with van der Waals surface area (Å²) in [5.74, 6) is 0.474. The number of nitrogens with one attached hydrogen (secondary N) is 1. The molecular formula is C15H19N3O4S2. The lowest BCUT2D eigenvalue weighted by molar-refractivity contribution is 0.0320. The van der Waals surface area contributed by atoms with Gasteiger partial charge in [-0.05, 0) is 17.5 Å². The van der Waals surface area contributed by atoms with Crippen LogP contribution in [0.2, 0.25) is 0 Å². The molecule has 130 valence electrons. The molecule has 1 N–H and O–H groups in total. The van der Waals surface area contributed by atoms with Gasteiger partial charge >= 0.3 is 0 Å². The molecule has 1 aliphatic rings. The van der Waals surface area contributed by atoms with E-state index >= 15 is 0 Å². The normalized spacial score (nSPS) is 16.0. The molecule has 1 fully saturated rings. The van der Waals surface area contributed by atoms with Crippen LogP contribution in [0.1, 0.15) is 0 Å². The molecule has 0 aromatic carbocycles. The first-order valence-corrected chi connectivity index (χ1v) is 9.95. The molecule has 2 aromatic heterocycles. The van der Waals surface area contributed by atoms with E-state index in [0.29, 0.717) is 18.2 Å². The fraction of sp³-hybridized carbons (Fsp3) is 0.400. The van der Waals surface area contributed by atoms with E-state index in [1.165, 1.54) is 17.5 Å². The molecular weight excluding hydrogens is 350 g/mol. The molecule has 24 heavy (non-hydrogen) atoms. The van der Waals surface area contributed by atoms with Crippen LogP contribution in [-0.2, 0) is 14.8 Å². The molecule has 3 rings (SSSR count). The summed E-state index contributed by atoms with van der Waals surface area (Å²) in [6.45, 7) is 4.71. The predicted molar refractivity (Wildman–Crippen MR) is 92.1 cm³/mol. The van der Waals surface area contributed by atoms with Gasteiger partial charge in [0.25, 0.3) is 10.0 Å². The Hall–Kier alpha value is -1.68. The predicted octanol–water partition coefficient (Wildman–Crippen LogP) is 1.65. The Morgan fingerprint density at radius 1 is 1.29 bits per heavy atom. The Morgan fingerprint density at radius 3 is 2.79 bits per heavy atom. The molecule has 1 saturated heterocycles. The third-order valence-electron chi connectivity index (χ3n) is 3.51. The van der Waals surface area contributed by atoms with Gasteiger partial charge in [0.15, 0.2) is 0 Å². The van der Waals surface area contributed by atoms with Crippen LogP contribution in [0, 0.1) is 0 Å². The summed E-state index contributed by atoms with van der Waals surface area (Å²) in [5.41, 5.74) is 0.406. The van der Waals surface area contributed by atoms with Crippen LogP contribution in [0.4, 0.5) is 5.69 Å². The maximum Gasteiger partial charge on any atom is 0.271 e. The van der Waals surface area contributed by atoms with Crippen LogP contribution in [0.25, 0.3) is 0 Å². The second-order valence-corrected chi connectivity index (χ2v) is 8.08. The maximum atomic E-state index is 12.1. The van der Waals surface area contributed by atoms with Crippen LogP contribution < -0.4 is 9.46 Å². The molecule has 0 unspecified atom stereocenters. The van der Waals surface area contributed by atoms with Gasteiger partial charge in [-0.2, -0.15) is 0 Å². The van der Waals surface area contributed by atoms with Gasteiger partial charge in [0, 0.05) is 25.7 Å². The van der Waals surface area contributed by atoms with Crippen molar-refractivity contribution in [3.05, 3.63) is 35.8 Å². The molecule has 2 aromatic rings. The van der Waals surface area contributed by atoms with Crippen molar-refractivity contribution in [3.8, 4) is 5.88 Å². The lowest BCUT2D eigenvalue weighted by atomic mass is 10.4. The largest absolute Gasteiger partial charge is 0.476 e. The number of hydrogen-bond acceptors (Lipinski definition) is 7. The van der Waals surface area contributed by atoms with Gasteiger partial charge in [-0.3, -0.25) is 9.62 Å². The fourth-order valence-corrected chi connectivity index (χ4v) is 4.29. The zero-order chi connectivity index (χ0) is 16.8. The number of sulfonamides is 1. The molecule has 1 aliphatic heterocycles. The number of anilines is 1. The van der Waals surface area contributed by atoms with E-state index in [1.54, 1.807) is 29.6 Å². The lowest BCUT2D eigenvalue weighted by Gasteiger charge is -2.26. The van der Waals surface area contributed by atoms with E-state index in [4.69, 9.17) is 9.47 Å². The number of thiophene rings is 1. The minimum Gasteiger partial charge on any atom is -0.476 e. The van der Waals surface area contributed by atoms with Crippen LogP contribution in [0.3, 0.4) is 0 Å². The Balaban J connectivity index is 1.50. The first kappa shape index (κ1) is 17.2. The van der Waals surface area contributed by atoms with Crippen molar-refractivity contribution in [2.75, 3.05) is 44.2 Å². The summed E-state index contributed by atoms with van der Waals surface area (Å²) in [7, 11) is -3.55. The summed E-state index contributed by atoms with van der Waals surface area (Å²) in [6.07, 6.45) is 1.45. The summed E-state index contributed by atoms with van der Waals surface area (Å²) in [6, 6.07) is 6.56. The molecule has 0 spiro atoms. The summed E-state index contributed by atoms with van der Waals surface area (Å²) < 4.78 is 37.9. The second kappa shape index (κ2) is 7.93. The second-order valence-electron chi connectivity index (χ2n) is 5.23. The van der Waals surface area contributed by atoms with Gasteiger partial charge in [-0.1, -0.05) is 6.07 Å². The SMILES string of the molecule is O=S(=O)(Nc1ccc(OCCN2CCOCC2)nc1)c1cccs1. The standard InChI is InChI=1S/C15H19N3O4S2/c19-24(20,15-2-1-11-23-15)17-13-3-4-14(16-12-13)22-10-7-18-5-8-21-9-6-18/h1-4,11-12,17H,5-10H2. The maximum absolute atomic E-state index is 12.1. The molecule has 0 radical (unpaired) electrons. The van der Waals surface area contributed by atoms with Crippen LogP contribution in [0.5, 0.6) is 5.88 Å². The van der Waals surface area contributed by atoms with Crippen LogP contribution in [0.15, 0.2) is 40.1 Å². The first-order valence-electron chi connectivity index (χ1n) is 7.59. The first-order chi connectivity index (χ1) is 11.6. The molecule has 0 atom stereocenters. The van der Waals surface area contributed by atoms with E-state index < -0.39 is 10.0 Å². The minimum absolute atomic E-state index is 0.272. The van der Waals surface area contributed by atoms with Crippen molar-refractivity contribution in [3.63, 3.8) is 0 Å². The zero-order valence-electron chi connectivity index (χ0n) is 13.1. The Bertz CT molecular complexity index is 727. The summed E-state index contributed by atoms with van der Waals surface area (Å²) >= 11 is 1.17. The van der Waals surface area contributed by atoms with Crippen LogP contribution >= 0.6 is 11.3 Å². The molecule has 3 heterocycles. The fourth-order valence-electron chi connectivity index (χ4n) is 2.25. The van der Waals surface area contributed by atoms with Crippen LogP contribution in [-0.4, -0.2) is 57.8 Å². The highest BCUT2D eigenvalue weighted by Gasteiger charge is 2.15. The van der Waals surface area contributed by atoms with E-state index in [2.05, 4.69) is 14.6 Å². The average Bonchev–Trinajstić information content (AvgIpc) is 3.13. The molecule has 0 amide bonds. The highest BCUT2D eigenvalue weighted by Crippen LogP contribution is 2.20. The summed E-state index contributed by atoms with van der Waals surface area (Å²) in [4.78, 5) is 6.41. The number of morpholine rings is 1. The number of pyridine rings is 1. The quantitative estimate of drug-likeness (QED) is 0.799. The molecule has 9 heteroatoms. The smallest absolute Gasteiger partial charge is 0.271 e. The minimum atomic E-state index is -3.55. The van der Waals surface area contributed by atoms with E-state index in [-0.39, 0.29) is 4.21 Å². The van der Waals surface area contributed by atoms with Crippen molar-refractivity contribution < 1.29 is 17.9 Å². The molecule has 7 nitrogen and oxygen atoms in total. The monoisotopic (exact) mass is 369 g/mol. The number of hydrogen-bond donors (Lipinski definition) is 1. The van der Waals surface area contributed by atoms with Crippen molar-refractivity contribution in [2.45, 2.75) is 4.21 Å². The molecule has 0 aliphatic carbocycles. The third kappa shape index (κ3) is 4.67. The van der Waals surface area contributed by atoms with Crippen molar-refractivity contribution in [1.29, 1.82) is 0 Å². The van der Waals surface area contributed by atoms with Crippen molar-refractivity contribution in [2.24, 2.45) is 0 Å². The molecule has 0 saturated carbocycles. The van der Waals surface area contributed by atoms with Gasteiger partial charge in [-0.15, -0.1) is 11.3 Å². The highest BCUT2D eigenvalue weighted by atomic mass is 32.2. The topological polar surface area (TPSA) is 80.8 Å². The Labute approximate surface area is 145 Å². The Morgan fingerprint density at radius 2 is 2.12 bits per heavy atom. The number of ether oxygens (including phenoxy) is 2. The van der Waals surface area contributed by atoms with E-state index in [1.807, 2.05) is 0 Å². The average molecular weight is 369 g/mol. The van der Waals surface area contributed by atoms with Crippen molar-refractivity contribution >= 4 is 27.0 Å². The van der Waals surface area contributed by atoms with Crippen molar-refractivity contribution in [1.82, 2.24) is 9.88 Å². The van der Waals surface area contributed by atoms with Gasteiger partial charge in [0.05, 0.1) is 25.1 Å². The zero-order valence-corrected chi connectivity index (χ0v) is 14.7. The number of aromatic nitrogens is 1. The van der Waals surface area contributed by atoms with E-state index in [9.17, 15) is 8.42 Å². The molecule has 0 bridgehead atoms. The summed E-state index contributed by atoms with van der Waals surface area (Å²) in [5, 5.41) is 1.72. The van der Waals surface area contributed by atoms with Gasteiger partial charge in [0.1, 0.15) is 10.8 Å².